The lowest BCUT2D eigenvalue weighted by Gasteiger charge is -2.20. The Morgan fingerprint density at radius 3 is 2.31 bits per heavy atom. The molecule has 1 atom stereocenters. The Balaban J connectivity index is 0.000000280. The van der Waals surface area contributed by atoms with E-state index >= 15 is 0 Å². The van der Waals surface area contributed by atoms with Gasteiger partial charge in [0.25, 0.3) is 17.8 Å². The minimum absolute atomic E-state index is 0.257. The van der Waals surface area contributed by atoms with Gasteiger partial charge >= 0.3 is 0 Å². The quantitative estimate of drug-likeness (QED) is 0.644. The summed E-state index contributed by atoms with van der Waals surface area (Å²) >= 11 is 0. The summed E-state index contributed by atoms with van der Waals surface area (Å²) in [5.41, 5.74) is 0. The molecule has 88 valence electrons. The van der Waals surface area contributed by atoms with Crippen molar-refractivity contribution in [3.05, 3.63) is 12.2 Å². The molecule has 2 aliphatic rings. The molecule has 0 spiro atoms. The second kappa shape index (κ2) is 5.41. The maximum absolute atomic E-state index is 11.1. The number of carboxylic acids is 1. The summed E-state index contributed by atoms with van der Waals surface area (Å²) in [5, 5.41) is 7.42. The number of nitrogens with zero attached hydrogens (tertiary/aromatic N) is 1. The molecule has 0 aliphatic carbocycles. The molecule has 0 aromatic heterocycles. The molecule has 0 aromatic carbocycles. The van der Waals surface area contributed by atoms with Crippen LogP contribution in [0.15, 0.2) is 12.2 Å². The zero-order valence-corrected chi connectivity index (χ0v) is 8.88. The van der Waals surface area contributed by atoms with Gasteiger partial charge in [0.05, 0.1) is 0 Å². The van der Waals surface area contributed by atoms with E-state index in [0.29, 0.717) is 6.61 Å². The van der Waals surface area contributed by atoms with Crippen LogP contribution in [0.1, 0.15) is 19.8 Å². The molecule has 0 aromatic rings. The first kappa shape index (κ1) is 12.4. The van der Waals surface area contributed by atoms with Crippen LogP contribution in [0, 0.1) is 0 Å². The van der Waals surface area contributed by atoms with Gasteiger partial charge in [-0.15, -0.1) is 0 Å². The molecule has 0 bridgehead atoms. The lowest BCUT2D eigenvalue weighted by Crippen LogP contribution is -2.39. The SMILES string of the molecule is CC(=O)O.O=C1C=CC(=O)N1C1CCCO1. The molecule has 0 saturated carbocycles. The average molecular weight is 227 g/mol. The third kappa shape index (κ3) is 3.16. The first-order valence-corrected chi connectivity index (χ1v) is 4.88. The zero-order valence-electron chi connectivity index (χ0n) is 8.88. The number of hydrogen-bond acceptors (Lipinski definition) is 4. The molecule has 2 rings (SSSR count). The van der Waals surface area contributed by atoms with Gasteiger partial charge in [0.1, 0.15) is 6.23 Å². The summed E-state index contributed by atoms with van der Waals surface area (Å²) < 4.78 is 5.22. The molecule has 6 nitrogen and oxygen atoms in total. The second-order valence-corrected chi connectivity index (χ2v) is 3.37. The van der Waals surface area contributed by atoms with E-state index in [1.807, 2.05) is 0 Å². The van der Waals surface area contributed by atoms with E-state index in [9.17, 15) is 9.59 Å². The van der Waals surface area contributed by atoms with E-state index < -0.39 is 5.97 Å². The average Bonchev–Trinajstić information content (AvgIpc) is 2.75. The molecule has 1 unspecified atom stereocenters. The van der Waals surface area contributed by atoms with Gasteiger partial charge in [-0.2, -0.15) is 0 Å². The Kier molecular flexibility index (Phi) is 4.19. The van der Waals surface area contributed by atoms with E-state index in [2.05, 4.69) is 0 Å². The van der Waals surface area contributed by atoms with E-state index in [4.69, 9.17) is 14.6 Å². The monoisotopic (exact) mass is 227 g/mol. The molecule has 1 fully saturated rings. The standard InChI is InChI=1S/C8H9NO3.C2H4O2/c10-6-3-4-7(11)9(6)8-2-1-5-12-8;1-2(3)4/h3-4,8H,1-2,5H2;1H3,(H,3,4). The van der Waals surface area contributed by atoms with Crippen molar-refractivity contribution in [1.82, 2.24) is 4.90 Å². The normalized spacial score (nSPS) is 23.3. The summed E-state index contributed by atoms with van der Waals surface area (Å²) in [6.07, 6.45) is 3.93. The number of rotatable bonds is 1. The lowest BCUT2D eigenvalue weighted by molar-refractivity contribution is -0.148. The number of hydrogen-bond donors (Lipinski definition) is 1. The fourth-order valence-corrected chi connectivity index (χ4v) is 1.46. The van der Waals surface area contributed by atoms with Crippen LogP contribution in [0.25, 0.3) is 0 Å². The Morgan fingerprint density at radius 1 is 1.44 bits per heavy atom. The maximum atomic E-state index is 11.1. The second-order valence-electron chi connectivity index (χ2n) is 3.37. The van der Waals surface area contributed by atoms with E-state index in [1.165, 1.54) is 17.1 Å². The van der Waals surface area contributed by atoms with Crippen molar-refractivity contribution in [3.63, 3.8) is 0 Å². The molecule has 2 heterocycles. The topological polar surface area (TPSA) is 83.9 Å². The minimum Gasteiger partial charge on any atom is -0.481 e. The van der Waals surface area contributed by atoms with E-state index in [-0.39, 0.29) is 18.0 Å². The van der Waals surface area contributed by atoms with Crippen LogP contribution in [0.5, 0.6) is 0 Å². The van der Waals surface area contributed by atoms with Crippen molar-refractivity contribution >= 4 is 17.8 Å². The van der Waals surface area contributed by atoms with Crippen LogP contribution in [0.4, 0.5) is 0 Å². The predicted molar refractivity (Wildman–Crippen MR) is 53.3 cm³/mol. The number of aliphatic carboxylic acids is 1. The molecule has 16 heavy (non-hydrogen) atoms. The van der Waals surface area contributed by atoms with E-state index in [0.717, 1.165) is 19.8 Å². The largest absolute Gasteiger partial charge is 0.481 e. The third-order valence-electron chi connectivity index (χ3n) is 2.04. The Morgan fingerprint density at radius 2 is 1.94 bits per heavy atom. The van der Waals surface area contributed by atoms with Gasteiger partial charge in [-0.3, -0.25) is 14.4 Å². The van der Waals surface area contributed by atoms with Crippen molar-refractivity contribution < 1.29 is 24.2 Å². The fraction of sp³-hybridized carbons (Fsp3) is 0.500. The van der Waals surface area contributed by atoms with Crippen LogP contribution in [0.2, 0.25) is 0 Å². The predicted octanol–water partition coefficient (Wildman–Crippen LogP) is 0.139. The number of ether oxygens (including phenoxy) is 1. The van der Waals surface area contributed by atoms with Crippen LogP contribution in [0.3, 0.4) is 0 Å². The van der Waals surface area contributed by atoms with Crippen molar-refractivity contribution in [2.75, 3.05) is 6.61 Å². The summed E-state index contributed by atoms with van der Waals surface area (Å²) in [6.45, 7) is 1.72. The first-order valence-electron chi connectivity index (χ1n) is 4.88. The smallest absolute Gasteiger partial charge is 0.300 e. The Bertz CT molecular complexity index is 308. The molecule has 6 heteroatoms. The molecule has 0 radical (unpaired) electrons. The first-order chi connectivity index (χ1) is 7.52. The van der Waals surface area contributed by atoms with E-state index in [1.54, 1.807) is 0 Å². The van der Waals surface area contributed by atoms with Crippen molar-refractivity contribution in [2.24, 2.45) is 0 Å². The Labute approximate surface area is 92.5 Å². The van der Waals surface area contributed by atoms with Gasteiger partial charge in [0, 0.05) is 25.7 Å². The van der Waals surface area contributed by atoms with Crippen LogP contribution >= 0.6 is 0 Å². The Hall–Kier alpha value is -1.69. The summed E-state index contributed by atoms with van der Waals surface area (Å²) in [5.74, 6) is -1.35. The van der Waals surface area contributed by atoms with Gasteiger partial charge in [0.15, 0.2) is 0 Å². The highest BCUT2D eigenvalue weighted by Gasteiger charge is 2.33. The van der Waals surface area contributed by atoms with Crippen LogP contribution in [-0.4, -0.2) is 40.6 Å². The molecule has 1 saturated heterocycles. The highest BCUT2D eigenvalue weighted by Crippen LogP contribution is 2.19. The van der Waals surface area contributed by atoms with Gasteiger partial charge in [-0.25, -0.2) is 4.90 Å². The van der Waals surface area contributed by atoms with Crippen LogP contribution in [-0.2, 0) is 19.1 Å². The minimum atomic E-state index is -0.833. The van der Waals surface area contributed by atoms with Gasteiger partial charge < -0.3 is 9.84 Å². The summed E-state index contributed by atoms with van der Waals surface area (Å²) in [7, 11) is 0. The van der Waals surface area contributed by atoms with Crippen molar-refractivity contribution in [3.8, 4) is 0 Å². The van der Waals surface area contributed by atoms with Crippen LogP contribution < -0.4 is 0 Å². The van der Waals surface area contributed by atoms with Gasteiger partial charge in [-0.05, 0) is 12.8 Å². The zero-order chi connectivity index (χ0) is 12.1. The highest BCUT2D eigenvalue weighted by molar-refractivity contribution is 6.13. The van der Waals surface area contributed by atoms with Gasteiger partial charge in [0.2, 0.25) is 0 Å². The molecule has 2 aliphatic heterocycles. The molecular formula is C10H13NO5. The number of carbonyl (C=O) groups is 3. The summed E-state index contributed by atoms with van der Waals surface area (Å²) in [6, 6.07) is 0. The fourth-order valence-electron chi connectivity index (χ4n) is 1.46. The lowest BCUT2D eigenvalue weighted by atomic mass is 10.3. The third-order valence-corrected chi connectivity index (χ3v) is 2.04. The molecular weight excluding hydrogens is 214 g/mol. The highest BCUT2D eigenvalue weighted by atomic mass is 16.5. The molecule has 1 N–H and O–H groups in total. The number of amides is 2. The van der Waals surface area contributed by atoms with Crippen molar-refractivity contribution in [1.29, 1.82) is 0 Å². The number of carbonyl (C=O) groups excluding carboxylic acids is 2. The number of imide groups is 1. The van der Waals surface area contributed by atoms with Gasteiger partial charge in [-0.1, -0.05) is 0 Å². The number of carboxylic acid groups (broad SMARTS) is 1. The summed E-state index contributed by atoms with van der Waals surface area (Å²) in [4.78, 5) is 32.4. The molecule has 2 amide bonds. The van der Waals surface area contributed by atoms with Crippen molar-refractivity contribution in [2.45, 2.75) is 26.0 Å². The maximum Gasteiger partial charge on any atom is 0.300 e.